The van der Waals surface area contributed by atoms with Gasteiger partial charge in [0, 0.05) is 25.2 Å². The third-order valence-electron chi connectivity index (χ3n) is 2.89. The van der Waals surface area contributed by atoms with Crippen molar-refractivity contribution in [1.29, 1.82) is 0 Å². The molecule has 2 amide bonds. The first kappa shape index (κ1) is 15.7. The van der Waals surface area contributed by atoms with Crippen LogP contribution < -0.4 is 5.32 Å². The van der Waals surface area contributed by atoms with Crippen molar-refractivity contribution in [3.8, 4) is 0 Å². The summed E-state index contributed by atoms with van der Waals surface area (Å²) in [5.41, 5.74) is 0.832. The van der Waals surface area contributed by atoms with E-state index in [1.807, 2.05) is 0 Å². The van der Waals surface area contributed by atoms with E-state index in [9.17, 15) is 14.4 Å². The van der Waals surface area contributed by atoms with E-state index < -0.39 is 17.9 Å². The van der Waals surface area contributed by atoms with Crippen molar-refractivity contribution in [1.82, 2.24) is 4.90 Å². The summed E-state index contributed by atoms with van der Waals surface area (Å²) >= 11 is 0. The van der Waals surface area contributed by atoms with Gasteiger partial charge in [0.25, 0.3) is 5.91 Å². The lowest BCUT2D eigenvalue weighted by Crippen LogP contribution is -2.41. The van der Waals surface area contributed by atoms with Gasteiger partial charge in [-0.1, -0.05) is 13.0 Å². The zero-order chi connectivity index (χ0) is 15.3. The summed E-state index contributed by atoms with van der Waals surface area (Å²) in [5, 5.41) is 11.6. The Morgan fingerprint density at radius 3 is 2.50 bits per heavy atom. The molecule has 1 aromatic carbocycles. The molecule has 2 N–H and O–H groups in total. The lowest BCUT2D eigenvalue weighted by Gasteiger charge is -2.24. The van der Waals surface area contributed by atoms with Gasteiger partial charge in [0.05, 0.1) is 0 Å². The van der Waals surface area contributed by atoms with Gasteiger partial charge in [-0.15, -0.1) is 0 Å². The van der Waals surface area contributed by atoms with Gasteiger partial charge in [-0.2, -0.15) is 0 Å². The van der Waals surface area contributed by atoms with E-state index in [2.05, 4.69) is 5.32 Å². The molecular weight excluding hydrogens is 260 g/mol. The Morgan fingerprint density at radius 2 is 2.00 bits per heavy atom. The van der Waals surface area contributed by atoms with Crippen LogP contribution in [0.5, 0.6) is 0 Å². The van der Waals surface area contributed by atoms with Gasteiger partial charge in [0.1, 0.15) is 6.04 Å². The highest BCUT2D eigenvalue weighted by molar-refractivity contribution is 5.98. The van der Waals surface area contributed by atoms with Crippen molar-refractivity contribution in [2.45, 2.75) is 26.3 Å². The van der Waals surface area contributed by atoms with Crippen LogP contribution in [-0.4, -0.2) is 40.9 Å². The average Bonchev–Trinajstić information content (AvgIpc) is 2.37. The van der Waals surface area contributed by atoms with Gasteiger partial charge in [0.15, 0.2) is 0 Å². The van der Waals surface area contributed by atoms with Crippen LogP contribution in [0.15, 0.2) is 24.3 Å². The van der Waals surface area contributed by atoms with Crippen molar-refractivity contribution in [2.75, 3.05) is 12.4 Å². The molecule has 1 aromatic rings. The van der Waals surface area contributed by atoms with Crippen molar-refractivity contribution in [3.63, 3.8) is 0 Å². The molecule has 1 atom stereocenters. The molecule has 0 aliphatic carbocycles. The van der Waals surface area contributed by atoms with Crippen molar-refractivity contribution in [2.24, 2.45) is 0 Å². The van der Waals surface area contributed by atoms with E-state index in [1.165, 1.54) is 24.9 Å². The second-order valence-corrected chi connectivity index (χ2v) is 4.44. The molecule has 6 nitrogen and oxygen atoms in total. The molecule has 0 bridgehead atoms. The van der Waals surface area contributed by atoms with Gasteiger partial charge in [-0.25, -0.2) is 4.79 Å². The summed E-state index contributed by atoms with van der Waals surface area (Å²) in [6.07, 6.45) is 0.322. The zero-order valence-corrected chi connectivity index (χ0v) is 11.7. The molecule has 6 heteroatoms. The molecule has 20 heavy (non-hydrogen) atoms. The van der Waals surface area contributed by atoms with E-state index in [4.69, 9.17) is 5.11 Å². The molecule has 1 unspecified atom stereocenters. The normalized spacial score (nSPS) is 11.6. The Hall–Kier alpha value is -2.37. The smallest absolute Gasteiger partial charge is 0.326 e. The minimum atomic E-state index is -1.04. The van der Waals surface area contributed by atoms with Gasteiger partial charge in [-0.05, 0) is 24.6 Å². The number of rotatable bonds is 5. The van der Waals surface area contributed by atoms with Crippen LogP contribution in [0, 0.1) is 0 Å². The Kier molecular flexibility index (Phi) is 5.25. The summed E-state index contributed by atoms with van der Waals surface area (Å²) in [5.74, 6) is -1.67. The number of anilines is 1. The summed E-state index contributed by atoms with van der Waals surface area (Å²) in [7, 11) is 1.45. The Labute approximate surface area is 117 Å². The average molecular weight is 278 g/mol. The van der Waals surface area contributed by atoms with Crippen LogP contribution in [-0.2, 0) is 9.59 Å². The van der Waals surface area contributed by atoms with E-state index in [0.29, 0.717) is 17.7 Å². The van der Waals surface area contributed by atoms with E-state index in [-0.39, 0.29) is 5.91 Å². The quantitative estimate of drug-likeness (QED) is 0.856. The van der Waals surface area contributed by atoms with Crippen LogP contribution in [0.3, 0.4) is 0 Å². The number of nitrogens with zero attached hydrogens (tertiary/aromatic N) is 1. The number of aliphatic carboxylic acids is 1. The third kappa shape index (κ3) is 3.81. The van der Waals surface area contributed by atoms with Crippen molar-refractivity contribution >= 4 is 23.5 Å². The fourth-order valence-corrected chi connectivity index (χ4v) is 1.89. The Morgan fingerprint density at radius 1 is 1.35 bits per heavy atom. The Balaban J connectivity index is 2.96. The minimum absolute atomic E-state index is 0.236. The number of likely N-dealkylation sites (N-methyl/N-ethyl adjacent to an activating group) is 1. The van der Waals surface area contributed by atoms with Crippen LogP contribution >= 0.6 is 0 Å². The molecule has 0 fully saturated rings. The monoisotopic (exact) mass is 278 g/mol. The van der Waals surface area contributed by atoms with E-state index in [0.717, 1.165) is 0 Å². The molecule has 0 aliphatic rings. The first-order valence-electron chi connectivity index (χ1n) is 6.24. The molecule has 0 saturated carbocycles. The Bertz CT molecular complexity index is 528. The number of carbonyl (C=O) groups excluding carboxylic acids is 2. The maximum absolute atomic E-state index is 12.2. The van der Waals surface area contributed by atoms with Gasteiger partial charge in [-0.3, -0.25) is 9.59 Å². The van der Waals surface area contributed by atoms with Gasteiger partial charge in [0.2, 0.25) is 5.91 Å². The SMILES string of the molecule is CCC(C(=O)O)N(C)C(=O)c1cccc(NC(C)=O)c1. The third-order valence-corrected chi connectivity index (χ3v) is 2.89. The lowest BCUT2D eigenvalue weighted by atomic mass is 10.1. The summed E-state index contributed by atoms with van der Waals surface area (Å²) < 4.78 is 0. The largest absolute Gasteiger partial charge is 0.480 e. The van der Waals surface area contributed by atoms with E-state index >= 15 is 0 Å². The molecule has 1 rings (SSSR count). The van der Waals surface area contributed by atoms with Gasteiger partial charge >= 0.3 is 5.97 Å². The van der Waals surface area contributed by atoms with Crippen LogP contribution in [0.25, 0.3) is 0 Å². The number of amides is 2. The highest BCUT2D eigenvalue weighted by Crippen LogP contribution is 2.14. The first-order chi connectivity index (χ1) is 9.36. The van der Waals surface area contributed by atoms with Crippen LogP contribution in [0.1, 0.15) is 30.6 Å². The van der Waals surface area contributed by atoms with E-state index in [1.54, 1.807) is 25.1 Å². The van der Waals surface area contributed by atoms with Crippen LogP contribution in [0.4, 0.5) is 5.69 Å². The molecule has 0 heterocycles. The second-order valence-electron chi connectivity index (χ2n) is 4.44. The maximum atomic E-state index is 12.2. The molecule has 0 aromatic heterocycles. The number of carboxylic acids is 1. The number of nitrogens with one attached hydrogen (secondary N) is 1. The number of hydrogen-bond donors (Lipinski definition) is 2. The highest BCUT2D eigenvalue weighted by Gasteiger charge is 2.25. The zero-order valence-electron chi connectivity index (χ0n) is 11.7. The van der Waals surface area contributed by atoms with Crippen molar-refractivity contribution < 1.29 is 19.5 Å². The highest BCUT2D eigenvalue weighted by atomic mass is 16.4. The summed E-state index contributed by atoms with van der Waals surface area (Å²) in [6.45, 7) is 3.08. The lowest BCUT2D eigenvalue weighted by molar-refractivity contribution is -0.142. The standard InChI is InChI=1S/C14H18N2O4/c1-4-12(14(19)20)16(3)13(18)10-6-5-7-11(8-10)15-9(2)17/h5-8,12H,4H2,1-3H3,(H,15,17)(H,19,20). The first-order valence-corrected chi connectivity index (χ1v) is 6.24. The van der Waals surface area contributed by atoms with Gasteiger partial charge < -0.3 is 15.3 Å². The molecule has 0 saturated heterocycles. The summed E-state index contributed by atoms with van der Waals surface area (Å²) in [6, 6.07) is 5.53. The molecule has 0 radical (unpaired) electrons. The maximum Gasteiger partial charge on any atom is 0.326 e. The van der Waals surface area contributed by atoms with Crippen LogP contribution in [0.2, 0.25) is 0 Å². The van der Waals surface area contributed by atoms with Crippen molar-refractivity contribution in [3.05, 3.63) is 29.8 Å². The summed E-state index contributed by atoms with van der Waals surface area (Å²) in [4.78, 5) is 35.5. The second kappa shape index (κ2) is 6.70. The predicted molar refractivity (Wildman–Crippen MR) is 74.6 cm³/mol. The number of carboxylic acid groups (broad SMARTS) is 1. The molecule has 0 aliphatic heterocycles. The number of hydrogen-bond acceptors (Lipinski definition) is 3. The topological polar surface area (TPSA) is 86.7 Å². The minimum Gasteiger partial charge on any atom is -0.480 e. The molecule has 108 valence electrons. The number of carbonyl (C=O) groups is 3. The fraction of sp³-hybridized carbons (Fsp3) is 0.357. The molecular formula is C14H18N2O4. The number of benzene rings is 1. The fourth-order valence-electron chi connectivity index (χ4n) is 1.89. The predicted octanol–water partition coefficient (Wildman–Crippen LogP) is 1.58. The molecule has 0 spiro atoms.